The van der Waals surface area contributed by atoms with Crippen molar-refractivity contribution < 1.29 is 13.9 Å². The second-order valence-electron chi connectivity index (χ2n) is 4.38. The summed E-state index contributed by atoms with van der Waals surface area (Å²) in [5, 5.41) is 0. The quantitative estimate of drug-likeness (QED) is 0.803. The zero-order valence-electron chi connectivity index (χ0n) is 11.9. The predicted octanol–water partition coefficient (Wildman–Crippen LogP) is 3.00. The topological polar surface area (TPSA) is 55.6 Å². The Bertz CT molecular complexity index is 520. The molecule has 0 spiro atoms. The van der Waals surface area contributed by atoms with Gasteiger partial charge in [-0.25, -0.2) is 0 Å². The molecule has 5 nitrogen and oxygen atoms in total. The van der Waals surface area contributed by atoms with Gasteiger partial charge in [0.15, 0.2) is 5.58 Å². The van der Waals surface area contributed by atoms with Crippen molar-refractivity contribution in [3.05, 3.63) is 24.3 Å². The van der Waals surface area contributed by atoms with Gasteiger partial charge in [-0.2, -0.15) is 4.98 Å². The van der Waals surface area contributed by atoms with Gasteiger partial charge in [0.05, 0.1) is 6.04 Å². The van der Waals surface area contributed by atoms with E-state index in [2.05, 4.69) is 9.88 Å². The van der Waals surface area contributed by atoms with Crippen LogP contribution in [0.4, 0.5) is 6.01 Å². The Labute approximate surface area is 118 Å². The van der Waals surface area contributed by atoms with Gasteiger partial charge in [0.2, 0.25) is 0 Å². The van der Waals surface area contributed by atoms with Crippen LogP contribution >= 0.6 is 0 Å². The number of rotatable bonds is 4. The summed E-state index contributed by atoms with van der Waals surface area (Å²) in [6.07, 6.45) is 2.05. The van der Waals surface area contributed by atoms with Crippen molar-refractivity contribution in [2.75, 3.05) is 18.1 Å². The molecule has 0 aliphatic carbocycles. The van der Waals surface area contributed by atoms with Crippen LogP contribution in [0.25, 0.3) is 11.1 Å². The molecule has 1 aromatic carbocycles. The summed E-state index contributed by atoms with van der Waals surface area (Å²) < 4.78 is 10.6. The van der Waals surface area contributed by atoms with E-state index in [1.165, 1.54) is 0 Å². The molecule has 1 aliphatic heterocycles. The first-order chi connectivity index (χ1) is 9.88. The molecule has 1 aromatic heterocycles. The number of hydrogen-bond acceptors (Lipinski definition) is 5. The zero-order valence-corrected chi connectivity index (χ0v) is 11.9. The molecule has 1 fully saturated rings. The van der Waals surface area contributed by atoms with E-state index in [0.717, 1.165) is 30.5 Å². The maximum Gasteiger partial charge on any atom is 0.298 e. The van der Waals surface area contributed by atoms with Crippen LogP contribution in [0.3, 0.4) is 0 Å². The average Bonchev–Trinajstić information content (AvgIpc) is 3.13. The lowest BCUT2D eigenvalue weighted by molar-refractivity contribution is -0.129. The molecule has 0 saturated carbocycles. The number of oxazole rings is 1. The molecule has 5 heteroatoms. The first-order valence-electron chi connectivity index (χ1n) is 7.06. The van der Waals surface area contributed by atoms with Crippen molar-refractivity contribution in [1.29, 1.82) is 0 Å². The van der Waals surface area contributed by atoms with Gasteiger partial charge in [-0.3, -0.25) is 4.79 Å². The van der Waals surface area contributed by atoms with Gasteiger partial charge in [0, 0.05) is 6.54 Å². The zero-order chi connectivity index (χ0) is 14.4. The van der Waals surface area contributed by atoms with E-state index in [1.807, 2.05) is 38.1 Å². The smallest absolute Gasteiger partial charge is 0.298 e. The summed E-state index contributed by atoms with van der Waals surface area (Å²) in [5.41, 5.74) is 1.64. The van der Waals surface area contributed by atoms with Crippen LogP contribution in [0, 0.1) is 0 Å². The van der Waals surface area contributed by atoms with E-state index in [4.69, 9.17) is 9.15 Å². The minimum absolute atomic E-state index is 0.170. The average molecular weight is 276 g/mol. The third-order valence-corrected chi connectivity index (χ3v) is 3.26. The Balaban J connectivity index is 0.000000704. The summed E-state index contributed by atoms with van der Waals surface area (Å²) in [7, 11) is 0. The van der Waals surface area contributed by atoms with Gasteiger partial charge in [-0.1, -0.05) is 26.0 Å². The third-order valence-electron chi connectivity index (χ3n) is 3.26. The minimum Gasteiger partial charge on any atom is -0.466 e. The molecule has 1 saturated heterocycles. The van der Waals surface area contributed by atoms with Crippen LogP contribution in [0.5, 0.6) is 0 Å². The van der Waals surface area contributed by atoms with Crippen LogP contribution in [-0.4, -0.2) is 30.6 Å². The summed E-state index contributed by atoms with van der Waals surface area (Å²) in [5.74, 6) is 0. The third kappa shape index (κ3) is 2.92. The van der Waals surface area contributed by atoms with Gasteiger partial charge < -0.3 is 14.1 Å². The highest BCUT2D eigenvalue weighted by Crippen LogP contribution is 2.28. The monoisotopic (exact) mass is 276 g/mol. The SMILES string of the molecule is CC.O=COCC1CCCN1c1nc2ccccc2o1. The number of aromatic nitrogens is 1. The maximum absolute atomic E-state index is 10.3. The first-order valence-corrected chi connectivity index (χ1v) is 7.06. The number of carbonyl (C=O) groups excluding carboxylic acids is 1. The molecule has 108 valence electrons. The Morgan fingerprint density at radius 3 is 3.00 bits per heavy atom. The number of ether oxygens (including phenoxy) is 1. The lowest BCUT2D eigenvalue weighted by atomic mass is 10.2. The van der Waals surface area contributed by atoms with Crippen LogP contribution in [0.15, 0.2) is 28.7 Å². The number of anilines is 1. The van der Waals surface area contributed by atoms with E-state index in [0.29, 0.717) is 19.1 Å². The summed E-state index contributed by atoms with van der Waals surface area (Å²) in [6.45, 7) is 5.77. The molecule has 0 radical (unpaired) electrons. The van der Waals surface area contributed by atoms with Crippen LogP contribution in [0.1, 0.15) is 26.7 Å². The molecule has 20 heavy (non-hydrogen) atoms. The number of carbonyl (C=O) groups is 1. The molecule has 3 rings (SSSR count). The number of nitrogens with zero attached hydrogens (tertiary/aromatic N) is 2. The van der Waals surface area contributed by atoms with E-state index in [1.54, 1.807) is 0 Å². The standard InChI is InChI=1S/C13H14N2O3.C2H6/c16-9-17-8-10-4-3-7-15(10)13-14-11-5-1-2-6-12(11)18-13;1-2/h1-2,5-6,9-10H,3-4,7-8H2;1-2H3. The fraction of sp³-hybridized carbons (Fsp3) is 0.467. The van der Waals surface area contributed by atoms with Gasteiger partial charge >= 0.3 is 0 Å². The van der Waals surface area contributed by atoms with Crippen molar-refractivity contribution in [2.24, 2.45) is 0 Å². The Morgan fingerprint density at radius 1 is 1.45 bits per heavy atom. The Kier molecular flexibility index (Phi) is 4.98. The normalized spacial score (nSPS) is 17.7. The van der Waals surface area contributed by atoms with Gasteiger partial charge in [-0.05, 0) is 25.0 Å². The van der Waals surface area contributed by atoms with Gasteiger partial charge in [-0.15, -0.1) is 0 Å². The van der Waals surface area contributed by atoms with Gasteiger partial charge in [0.25, 0.3) is 12.5 Å². The van der Waals surface area contributed by atoms with Crippen molar-refractivity contribution in [2.45, 2.75) is 32.7 Å². The molecule has 1 aliphatic rings. The van der Waals surface area contributed by atoms with Gasteiger partial charge in [0.1, 0.15) is 12.1 Å². The second-order valence-corrected chi connectivity index (χ2v) is 4.38. The molecule has 2 aromatic rings. The molecule has 0 N–H and O–H groups in total. The maximum atomic E-state index is 10.3. The fourth-order valence-corrected chi connectivity index (χ4v) is 2.39. The number of hydrogen-bond donors (Lipinski definition) is 0. The minimum atomic E-state index is 0.170. The predicted molar refractivity (Wildman–Crippen MR) is 77.7 cm³/mol. The van der Waals surface area contributed by atoms with Crippen molar-refractivity contribution in [3.8, 4) is 0 Å². The lowest BCUT2D eigenvalue weighted by Crippen LogP contribution is -2.33. The molecular weight excluding hydrogens is 256 g/mol. The van der Waals surface area contributed by atoms with Crippen molar-refractivity contribution >= 4 is 23.6 Å². The molecule has 2 heterocycles. The largest absolute Gasteiger partial charge is 0.466 e. The van der Waals surface area contributed by atoms with E-state index in [9.17, 15) is 4.79 Å². The first kappa shape index (κ1) is 14.4. The number of fused-ring (bicyclic) bond motifs is 1. The summed E-state index contributed by atoms with van der Waals surface area (Å²) >= 11 is 0. The number of para-hydroxylation sites is 2. The molecular formula is C15H20N2O3. The Hall–Kier alpha value is -2.04. The number of benzene rings is 1. The van der Waals surface area contributed by atoms with Crippen molar-refractivity contribution in [1.82, 2.24) is 4.98 Å². The molecule has 1 atom stereocenters. The van der Waals surface area contributed by atoms with Crippen LogP contribution in [0.2, 0.25) is 0 Å². The lowest BCUT2D eigenvalue weighted by Gasteiger charge is -2.21. The fourth-order valence-electron chi connectivity index (χ4n) is 2.39. The Morgan fingerprint density at radius 2 is 2.25 bits per heavy atom. The van der Waals surface area contributed by atoms with Crippen LogP contribution in [-0.2, 0) is 9.53 Å². The highest BCUT2D eigenvalue weighted by molar-refractivity contribution is 5.74. The summed E-state index contributed by atoms with van der Waals surface area (Å²) in [6, 6.07) is 8.48. The van der Waals surface area contributed by atoms with E-state index < -0.39 is 0 Å². The second kappa shape index (κ2) is 6.93. The molecule has 0 bridgehead atoms. The summed E-state index contributed by atoms with van der Waals surface area (Å²) in [4.78, 5) is 16.8. The highest BCUT2D eigenvalue weighted by Gasteiger charge is 2.28. The molecule has 1 unspecified atom stereocenters. The van der Waals surface area contributed by atoms with E-state index in [-0.39, 0.29) is 6.04 Å². The van der Waals surface area contributed by atoms with Crippen LogP contribution < -0.4 is 4.90 Å². The highest BCUT2D eigenvalue weighted by atomic mass is 16.5. The van der Waals surface area contributed by atoms with Crippen molar-refractivity contribution in [3.63, 3.8) is 0 Å². The van der Waals surface area contributed by atoms with E-state index >= 15 is 0 Å². The molecule has 0 amide bonds.